The average Bonchev–Trinajstić information content (AvgIpc) is 2.47. The van der Waals surface area contributed by atoms with Gasteiger partial charge in [-0.05, 0) is 12.1 Å². The second kappa shape index (κ2) is 6.48. The molecule has 0 bridgehead atoms. The predicted molar refractivity (Wildman–Crippen MR) is 86.1 cm³/mol. The lowest BCUT2D eigenvalue weighted by Gasteiger charge is -2.37. The molecule has 1 aromatic carbocycles. The highest BCUT2D eigenvalue weighted by atomic mass is 16.5. The van der Waals surface area contributed by atoms with Crippen molar-refractivity contribution in [3.8, 4) is 5.75 Å². The molecule has 0 aliphatic carbocycles. The van der Waals surface area contributed by atoms with E-state index in [1.807, 2.05) is 39.0 Å². The topological polar surface area (TPSA) is 32.8 Å². The van der Waals surface area contributed by atoms with Crippen LogP contribution in [0.3, 0.4) is 0 Å². The standard InChI is InChI=1S/C17H26N2O2/c1-17(2,3)16(20)13-18-9-11-19(12-10-18)14-7-5-6-8-15(14)21-4/h5-8H,9-13H2,1-4H3. The summed E-state index contributed by atoms with van der Waals surface area (Å²) >= 11 is 0. The van der Waals surface area contributed by atoms with Crippen LogP contribution in [0, 0.1) is 5.41 Å². The lowest BCUT2D eigenvalue weighted by molar-refractivity contribution is -0.127. The lowest BCUT2D eigenvalue weighted by atomic mass is 9.90. The fourth-order valence-electron chi connectivity index (χ4n) is 2.48. The predicted octanol–water partition coefficient (Wildman–Crippen LogP) is 2.43. The fraction of sp³-hybridized carbons (Fsp3) is 0.588. The highest BCUT2D eigenvalue weighted by Crippen LogP contribution is 2.28. The molecular formula is C17H26N2O2. The Balaban J connectivity index is 1.93. The highest BCUT2D eigenvalue weighted by Gasteiger charge is 2.26. The number of benzene rings is 1. The third-order valence-corrected chi connectivity index (χ3v) is 4.00. The summed E-state index contributed by atoms with van der Waals surface area (Å²) in [5.74, 6) is 1.23. The van der Waals surface area contributed by atoms with E-state index in [0.717, 1.165) is 37.6 Å². The van der Waals surface area contributed by atoms with E-state index in [0.29, 0.717) is 12.3 Å². The summed E-state index contributed by atoms with van der Waals surface area (Å²) in [5.41, 5.74) is 0.890. The molecule has 0 spiro atoms. The molecule has 0 radical (unpaired) electrons. The third-order valence-electron chi connectivity index (χ3n) is 4.00. The van der Waals surface area contributed by atoms with Crippen molar-refractivity contribution >= 4 is 11.5 Å². The number of rotatable bonds is 4. The van der Waals surface area contributed by atoms with Gasteiger partial charge >= 0.3 is 0 Å². The quantitative estimate of drug-likeness (QED) is 0.852. The van der Waals surface area contributed by atoms with Crippen molar-refractivity contribution in [2.45, 2.75) is 20.8 Å². The Morgan fingerprint density at radius 1 is 1.14 bits per heavy atom. The molecule has 1 saturated heterocycles. The number of para-hydroxylation sites is 2. The molecule has 4 heteroatoms. The van der Waals surface area contributed by atoms with Crippen molar-refractivity contribution in [1.29, 1.82) is 0 Å². The largest absolute Gasteiger partial charge is 0.495 e. The van der Waals surface area contributed by atoms with Crippen molar-refractivity contribution in [1.82, 2.24) is 4.90 Å². The van der Waals surface area contributed by atoms with E-state index in [-0.39, 0.29) is 5.41 Å². The summed E-state index contributed by atoms with van der Waals surface area (Å²) in [5, 5.41) is 0. The van der Waals surface area contributed by atoms with Crippen LogP contribution < -0.4 is 9.64 Å². The first kappa shape index (κ1) is 15.8. The second-order valence-corrected chi connectivity index (χ2v) is 6.61. The first-order chi connectivity index (χ1) is 9.91. The Hall–Kier alpha value is -1.55. The average molecular weight is 290 g/mol. The Morgan fingerprint density at radius 3 is 2.33 bits per heavy atom. The third kappa shape index (κ3) is 3.97. The Labute approximate surface area is 127 Å². The smallest absolute Gasteiger partial charge is 0.152 e. The molecule has 0 saturated carbocycles. The maximum Gasteiger partial charge on any atom is 0.152 e. The number of Topliss-reactive ketones (excluding diaryl/α,β-unsaturated/α-hetero) is 1. The van der Waals surface area contributed by atoms with E-state index < -0.39 is 0 Å². The fourth-order valence-corrected chi connectivity index (χ4v) is 2.48. The van der Waals surface area contributed by atoms with Crippen molar-refractivity contribution in [2.24, 2.45) is 5.41 Å². The summed E-state index contributed by atoms with van der Waals surface area (Å²) in [6, 6.07) is 8.10. The molecule has 2 rings (SSSR count). The molecule has 1 aliphatic heterocycles. The normalized spacial score (nSPS) is 16.9. The zero-order chi connectivity index (χ0) is 15.5. The summed E-state index contributed by atoms with van der Waals surface area (Å²) < 4.78 is 5.43. The molecule has 0 amide bonds. The summed E-state index contributed by atoms with van der Waals surface area (Å²) in [7, 11) is 1.71. The first-order valence-corrected chi connectivity index (χ1v) is 7.55. The Kier molecular flexibility index (Phi) is 4.88. The van der Waals surface area contributed by atoms with Crippen LogP contribution >= 0.6 is 0 Å². The number of ether oxygens (including phenoxy) is 1. The van der Waals surface area contributed by atoms with Crippen LogP contribution in [0.25, 0.3) is 0 Å². The Bertz CT molecular complexity index is 486. The van der Waals surface area contributed by atoms with Gasteiger partial charge in [0.05, 0.1) is 19.3 Å². The van der Waals surface area contributed by atoms with Gasteiger partial charge in [0.25, 0.3) is 0 Å². The van der Waals surface area contributed by atoms with E-state index in [4.69, 9.17) is 4.74 Å². The number of methoxy groups -OCH3 is 1. The summed E-state index contributed by atoms with van der Waals surface area (Å²) in [6.45, 7) is 10.2. The minimum atomic E-state index is -0.250. The maximum absolute atomic E-state index is 12.1. The first-order valence-electron chi connectivity index (χ1n) is 7.55. The van der Waals surface area contributed by atoms with Gasteiger partial charge in [-0.25, -0.2) is 0 Å². The molecule has 1 aliphatic rings. The number of carbonyl (C=O) groups is 1. The molecule has 4 nitrogen and oxygen atoms in total. The molecular weight excluding hydrogens is 264 g/mol. The van der Waals surface area contributed by atoms with Gasteiger partial charge in [0, 0.05) is 31.6 Å². The van der Waals surface area contributed by atoms with Crippen molar-refractivity contribution in [2.75, 3.05) is 44.7 Å². The number of hydrogen-bond donors (Lipinski definition) is 0. The van der Waals surface area contributed by atoms with Crippen LogP contribution in [0.2, 0.25) is 0 Å². The number of carbonyl (C=O) groups excluding carboxylic acids is 1. The SMILES string of the molecule is COc1ccccc1N1CCN(CC(=O)C(C)(C)C)CC1. The van der Waals surface area contributed by atoms with Gasteiger partial charge in [0.1, 0.15) is 5.75 Å². The summed E-state index contributed by atoms with van der Waals surface area (Å²) in [4.78, 5) is 16.7. The minimum Gasteiger partial charge on any atom is -0.495 e. The van der Waals surface area contributed by atoms with Crippen LogP contribution in [-0.4, -0.2) is 50.5 Å². The van der Waals surface area contributed by atoms with Crippen molar-refractivity contribution in [3.05, 3.63) is 24.3 Å². The lowest BCUT2D eigenvalue weighted by Crippen LogP contribution is -2.49. The van der Waals surface area contributed by atoms with E-state index in [1.54, 1.807) is 7.11 Å². The minimum absolute atomic E-state index is 0.250. The van der Waals surface area contributed by atoms with E-state index >= 15 is 0 Å². The molecule has 0 N–H and O–H groups in total. The van der Waals surface area contributed by atoms with Crippen LogP contribution in [0.15, 0.2) is 24.3 Å². The van der Waals surface area contributed by atoms with Gasteiger partial charge in [-0.2, -0.15) is 0 Å². The molecule has 0 aromatic heterocycles. The van der Waals surface area contributed by atoms with Gasteiger partial charge in [-0.3, -0.25) is 9.69 Å². The van der Waals surface area contributed by atoms with Gasteiger partial charge in [0.15, 0.2) is 5.78 Å². The number of anilines is 1. The number of ketones is 1. The van der Waals surface area contributed by atoms with Crippen molar-refractivity contribution < 1.29 is 9.53 Å². The van der Waals surface area contributed by atoms with Gasteiger partial charge in [0.2, 0.25) is 0 Å². The van der Waals surface area contributed by atoms with Crippen LogP contribution in [-0.2, 0) is 4.79 Å². The molecule has 116 valence electrons. The maximum atomic E-state index is 12.1. The van der Waals surface area contributed by atoms with Gasteiger partial charge in [-0.15, -0.1) is 0 Å². The molecule has 1 aromatic rings. The van der Waals surface area contributed by atoms with Crippen LogP contribution in [0.4, 0.5) is 5.69 Å². The molecule has 21 heavy (non-hydrogen) atoms. The Morgan fingerprint density at radius 2 is 1.76 bits per heavy atom. The van der Waals surface area contributed by atoms with Gasteiger partial charge in [-0.1, -0.05) is 32.9 Å². The van der Waals surface area contributed by atoms with E-state index in [9.17, 15) is 4.79 Å². The molecule has 1 fully saturated rings. The zero-order valence-electron chi connectivity index (χ0n) is 13.6. The number of hydrogen-bond acceptors (Lipinski definition) is 4. The molecule has 0 unspecified atom stereocenters. The second-order valence-electron chi connectivity index (χ2n) is 6.61. The van der Waals surface area contributed by atoms with E-state index in [2.05, 4.69) is 15.9 Å². The van der Waals surface area contributed by atoms with Gasteiger partial charge < -0.3 is 9.64 Å². The monoisotopic (exact) mass is 290 g/mol. The number of piperazine rings is 1. The number of nitrogens with zero attached hydrogens (tertiary/aromatic N) is 2. The van der Waals surface area contributed by atoms with Crippen LogP contribution in [0.5, 0.6) is 5.75 Å². The molecule has 1 heterocycles. The highest BCUT2D eigenvalue weighted by molar-refractivity contribution is 5.85. The summed E-state index contributed by atoms with van der Waals surface area (Å²) in [6.07, 6.45) is 0. The van der Waals surface area contributed by atoms with Crippen LogP contribution in [0.1, 0.15) is 20.8 Å². The van der Waals surface area contributed by atoms with Crippen molar-refractivity contribution in [3.63, 3.8) is 0 Å². The van der Waals surface area contributed by atoms with E-state index in [1.165, 1.54) is 0 Å². The molecule has 0 atom stereocenters. The zero-order valence-corrected chi connectivity index (χ0v) is 13.6.